The molecule has 1 atom stereocenters. The fourth-order valence-corrected chi connectivity index (χ4v) is 1.79. The molecule has 106 valence electrons. The second-order valence-corrected chi connectivity index (χ2v) is 4.62. The Kier molecular flexibility index (Phi) is 4.40. The van der Waals surface area contributed by atoms with Gasteiger partial charge in [0.05, 0.1) is 18.8 Å². The lowest BCUT2D eigenvalue weighted by molar-refractivity contribution is -0.120. The van der Waals surface area contributed by atoms with Gasteiger partial charge in [0.25, 0.3) is 0 Å². The van der Waals surface area contributed by atoms with E-state index in [1.165, 1.54) is 6.07 Å². The number of furan rings is 1. The maximum atomic E-state index is 13.3. The van der Waals surface area contributed by atoms with Crippen molar-refractivity contribution in [2.75, 3.05) is 11.9 Å². The fourth-order valence-electron chi connectivity index (χ4n) is 1.79. The van der Waals surface area contributed by atoms with E-state index < -0.39 is 0 Å². The third kappa shape index (κ3) is 3.60. The maximum absolute atomic E-state index is 13.3. The van der Waals surface area contributed by atoms with E-state index in [-0.39, 0.29) is 24.3 Å². The number of carbonyl (C=O) groups excluding carboxylic acids is 1. The molecule has 0 saturated carbocycles. The van der Waals surface area contributed by atoms with Crippen molar-refractivity contribution < 1.29 is 13.6 Å². The predicted octanol–water partition coefficient (Wildman–Crippen LogP) is 3.02. The highest BCUT2D eigenvalue weighted by molar-refractivity contribution is 5.81. The first-order chi connectivity index (χ1) is 9.56. The average molecular weight is 276 g/mol. The van der Waals surface area contributed by atoms with Gasteiger partial charge in [-0.25, -0.2) is 4.39 Å². The van der Waals surface area contributed by atoms with Crippen molar-refractivity contribution >= 4 is 11.6 Å². The average Bonchev–Trinajstić information content (AvgIpc) is 2.94. The summed E-state index contributed by atoms with van der Waals surface area (Å²) in [5, 5.41) is 5.67. The van der Waals surface area contributed by atoms with Gasteiger partial charge in [0.15, 0.2) is 0 Å². The molecule has 1 unspecified atom stereocenters. The van der Waals surface area contributed by atoms with Crippen LogP contribution in [0.4, 0.5) is 10.1 Å². The molecule has 0 fully saturated rings. The second-order valence-electron chi connectivity index (χ2n) is 4.62. The first-order valence-corrected chi connectivity index (χ1v) is 6.39. The first-order valence-electron chi connectivity index (χ1n) is 6.39. The van der Waals surface area contributed by atoms with Crippen LogP contribution in [-0.4, -0.2) is 12.5 Å². The number of hydrogen-bond donors (Lipinski definition) is 2. The Morgan fingerprint density at radius 1 is 1.40 bits per heavy atom. The van der Waals surface area contributed by atoms with Crippen LogP contribution in [0.5, 0.6) is 0 Å². The summed E-state index contributed by atoms with van der Waals surface area (Å²) in [7, 11) is 0. The highest BCUT2D eigenvalue weighted by Crippen LogP contribution is 2.14. The van der Waals surface area contributed by atoms with E-state index in [4.69, 9.17) is 4.42 Å². The standard InChI is InChI=1S/C15H17FN2O2/c1-10-5-6-12(8-13(10)16)17-9-15(19)18-11(2)14-4-3-7-20-14/h3-8,11,17H,9H2,1-2H3,(H,18,19). The molecule has 5 heteroatoms. The Bertz CT molecular complexity index is 582. The van der Waals surface area contributed by atoms with Crippen LogP contribution in [0.2, 0.25) is 0 Å². The number of anilines is 1. The van der Waals surface area contributed by atoms with Crippen LogP contribution in [0.1, 0.15) is 24.3 Å². The number of hydrogen-bond acceptors (Lipinski definition) is 3. The Hall–Kier alpha value is -2.30. The van der Waals surface area contributed by atoms with Crippen LogP contribution in [-0.2, 0) is 4.79 Å². The lowest BCUT2D eigenvalue weighted by atomic mass is 10.2. The molecule has 1 aromatic carbocycles. The van der Waals surface area contributed by atoms with Gasteiger partial charge < -0.3 is 15.1 Å². The Balaban J connectivity index is 1.84. The summed E-state index contributed by atoms with van der Waals surface area (Å²) in [6.07, 6.45) is 1.56. The highest BCUT2D eigenvalue weighted by atomic mass is 19.1. The summed E-state index contributed by atoms with van der Waals surface area (Å²) in [6, 6.07) is 8.15. The molecule has 0 bridgehead atoms. The van der Waals surface area contributed by atoms with Gasteiger partial charge in [-0.05, 0) is 43.7 Å². The summed E-state index contributed by atoms with van der Waals surface area (Å²) in [4.78, 5) is 11.8. The molecular weight excluding hydrogens is 259 g/mol. The van der Waals surface area contributed by atoms with E-state index in [0.29, 0.717) is 17.0 Å². The normalized spacial score (nSPS) is 11.9. The largest absolute Gasteiger partial charge is 0.467 e. The molecule has 0 aliphatic carbocycles. The smallest absolute Gasteiger partial charge is 0.239 e. The highest BCUT2D eigenvalue weighted by Gasteiger charge is 2.11. The minimum atomic E-state index is -0.292. The van der Waals surface area contributed by atoms with E-state index in [9.17, 15) is 9.18 Å². The molecule has 2 rings (SSSR count). The summed E-state index contributed by atoms with van der Waals surface area (Å²) in [5.74, 6) is 0.217. The Labute approximate surface area is 117 Å². The quantitative estimate of drug-likeness (QED) is 0.882. The number of halogens is 1. The third-order valence-corrected chi connectivity index (χ3v) is 2.97. The zero-order valence-electron chi connectivity index (χ0n) is 11.4. The lowest BCUT2D eigenvalue weighted by Crippen LogP contribution is -2.31. The molecule has 4 nitrogen and oxygen atoms in total. The van der Waals surface area contributed by atoms with Crippen LogP contribution >= 0.6 is 0 Å². The summed E-state index contributed by atoms with van der Waals surface area (Å²) in [6.45, 7) is 3.60. The SMILES string of the molecule is Cc1ccc(NCC(=O)NC(C)c2ccco2)cc1F. The number of amides is 1. The van der Waals surface area contributed by atoms with Gasteiger partial charge >= 0.3 is 0 Å². The summed E-state index contributed by atoms with van der Waals surface area (Å²) >= 11 is 0. The number of rotatable bonds is 5. The van der Waals surface area contributed by atoms with E-state index in [0.717, 1.165) is 0 Å². The van der Waals surface area contributed by atoms with Crippen molar-refractivity contribution in [1.82, 2.24) is 5.32 Å². The van der Waals surface area contributed by atoms with Crippen LogP contribution in [0.15, 0.2) is 41.0 Å². The van der Waals surface area contributed by atoms with E-state index in [1.54, 1.807) is 37.5 Å². The fraction of sp³-hybridized carbons (Fsp3) is 0.267. The van der Waals surface area contributed by atoms with E-state index in [1.807, 2.05) is 6.92 Å². The van der Waals surface area contributed by atoms with Gasteiger partial charge in [0, 0.05) is 5.69 Å². The third-order valence-electron chi connectivity index (χ3n) is 2.97. The predicted molar refractivity (Wildman–Crippen MR) is 74.9 cm³/mol. The number of aryl methyl sites for hydroxylation is 1. The van der Waals surface area contributed by atoms with E-state index >= 15 is 0 Å². The molecular formula is C15H17FN2O2. The monoisotopic (exact) mass is 276 g/mol. The van der Waals surface area contributed by atoms with Crippen LogP contribution < -0.4 is 10.6 Å². The van der Waals surface area contributed by atoms with Crippen LogP contribution in [0, 0.1) is 12.7 Å². The Morgan fingerprint density at radius 2 is 2.20 bits per heavy atom. The lowest BCUT2D eigenvalue weighted by Gasteiger charge is -2.12. The van der Waals surface area contributed by atoms with Crippen molar-refractivity contribution in [3.05, 3.63) is 53.7 Å². The first kappa shape index (κ1) is 14.1. The van der Waals surface area contributed by atoms with Gasteiger partial charge in [-0.3, -0.25) is 4.79 Å². The topological polar surface area (TPSA) is 54.3 Å². The molecule has 2 aromatic rings. The van der Waals surface area contributed by atoms with Crippen LogP contribution in [0.25, 0.3) is 0 Å². The van der Waals surface area contributed by atoms with Gasteiger partial charge in [-0.1, -0.05) is 6.07 Å². The van der Waals surface area contributed by atoms with Crippen molar-refractivity contribution in [2.45, 2.75) is 19.9 Å². The Morgan fingerprint density at radius 3 is 2.85 bits per heavy atom. The maximum Gasteiger partial charge on any atom is 0.239 e. The van der Waals surface area contributed by atoms with Gasteiger partial charge in [-0.15, -0.1) is 0 Å². The van der Waals surface area contributed by atoms with Crippen molar-refractivity contribution in [1.29, 1.82) is 0 Å². The van der Waals surface area contributed by atoms with E-state index in [2.05, 4.69) is 10.6 Å². The summed E-state index contributed by atoms with van der Waals surface area (Å²) < 4.78 is 18.5. The second kappa shape index (κ2) is 6.23. The van der Waals surface area contributed by atoms with Crippen LogP contribution in [0.3, 0.4) is 0 Å². The van der Waals surface area contributed by atoms with Gasteiger partial charge in [0.1, 0.15) is 11.6 Å². The molecule has 20 heavy (non-hydrogen) atoms. The van der Waals surface area contributed by atoms with Crippen molar-refractivity contribution in [3.8, 4) is 0 Å². The number of nitrogens with one attached hydrogen (secondary N) is 2. The zero-order chi connectivity index (χ0) is 14.5. The van der Waals surface area contributed by atoms with Gasteiger partial charge in [-0.2, -0.15) is 0 Å². The molecule has 0 saturated heterocycles. The minimum absolute atomic E-state index is 0.0769. The zero-order valence-corrected chi connectivity index (χ0v) is 11.4. The van der Waals surface area contributed by atoms with Crippen molar-refractivity contribution in [2.24, 2.45) is 0 Å². The number of benzene rings is 1. The molecule has 1 heterocycles. The molecule has 1 aromatic heterocycles. The molecule has 0 radical (unpaired) electrons. The number of carbonyl (C=O) groups is 1. The summed E-state index contributed by atoms with van der Waals surface area (Å²) in [5.41, 5.74) is 1.15. The van der Waals surface area contributed by atoms with Gasteiger partial charge in [0.2, 0.25) is 5.91 Å². The molecule has 0 aliphatic rings. The molecule has 2 N–H and O–H groups in total. The molecule has 0 spiro atoms. The minimum Gasteiger partial charge on any atom is -0.467 e. The molecule has 1 amide bonds. The van der Waals surface area contributed by atoms with Crippen molar-refractivity contribution in [3.63, 3.8) is 0 Å². The molecule has 0 aliphatic heterocycles.